The Bertz CT molecular complexity index is 1810. The SMILES string of the molecule is O=c1c(=O)c2c(sc3c2sc2c4ccc(Br)cc4c(=O)c(=O)c23)c2ccc(Br)cc12. The van der Waals surface area contributed by atoms with Gasteiger partial charge in [-0.1, -0.05) is 44.0 Å². The summed E-state index contributed by atoms with van der Waals surface area (Å²) in [4.78, 5) is 51.6. The lowest BCUT2D eigenvalue weighted by molar-refractivity contribution is 1.60. The Balaban J connectivity index is 1.95. The van der Waals surface area contributed by atoms with E-state index in [0.29, 0.717) is 60.1 Å². The highest BCUT2D eigenvalue weighted by Crippen LogP contribution is 2.45. The summed E-state index contributed by atoms with van der Waals surface area (Å²) in [6, 6.07) is 10.5. The number of rotatable bonds is 0. The van der Waals surface area contributed by atoms with E-state index < -0.39 is 21.7 Å². The van der Waals surface area contributed by atoms with Gasteiger partial charge in [0.2, 0.25) is 21.7 Å². The topological polar surface area (TPSA) is 68.3 Å². The summed E-state index contributed by atoms with van der Waals surface area (Å²) in [5, 5.41) is 2.74. The first-order valence-electron chi connectivity index (χ1n) is 8.74. The van der Waals surface area contributed by atoms with Crippen LogP contribution in [0.1, 0.15) is 0 Å². The Morgan fingerprint density at radius 3 is 1.30 bits per heavy atom. The van der Waals surface area contributed by atoms with Gasteiger partial charge in [-0.3, -0.25) is 19.2 Å². The highest BCUT2D eigenvalue weighted by atomic mass is 79.9. The normalized spacial score (nSPS) is 12.2. The third-order valence-corrected chi connectivity index (χ3v) is 8.93. The van der Waals surface area contributed by atoms with Gasteiger partial charge in [0.1, 0.15) is 0 Å². The van der Waals surface area contributed by atoms with E-state index in [0.717, 1.165) is 0 Å². The van der Waals surface area contributed by atoms with Gasteiger partial charge in [0, 0.05) is 39.9 Å². The average Bonchev–Trinajstić information content (AvgIpc) is 3.26. The van der Waals surface area contributed by atoms with Crippen molar-refractivity contribution in [1.82, 2.24) is 0 Å². The average molecular weight is 558 g/mol. The molecule has 4 nitrogen and oxygen atoms in total. The number of fused-ring (bicyclic) bond motifs is 9. The molecule has 0 bridgehead atoms. The smallest absolute Gasteiger partial charge is 0.236 e. The molecule has 0 spiro atoms. The quantitative estimate of drug-likeness (QED) is 0.234. The van der Waals surface area contributed by atoms with Crippen LogP contribution in [0.15, 0.2) is 64.5 Å². The van der Waals surface area contributed by atoms with E-state index in [1.807, 2.05) is 12.1 Å². The summed E-state index contributed by atoms with van der Waals surface area (Å²) in [6.45, 7) is 0. The maximum atomic E-state index is 13.0. The summed E-state index contributed by atoms with van der Waals surface area (Å²) >= 11 is 9.29. The Morgan fingerprint density at radius 2 is 0.900 bits per heavy atom. The summed E-state index contributed by atoms with van der Waals surface area (Å²) < 4.78 is 3.98. The molecule has 0 aliphatic carbocycles. The second-order valence-corrected chi connectivity index (χ2v) is 10.8. The lowest BCUT2D eigenvalue weighted by atomic mass is 10.1. The van der Waals surface area contributed by atoms with E-state index in [-0.39, 0.29) is 0 Å². The second kappa shape index (κ2) is 6.13. The minimum Gasteiger partial charge on any atom is -0.285 e. The van der Waals surface area contributed by atoms with Gasteiger partial charge in [-0.15, -0.1) is 22.7 Å². The highest BCUT2D eigenvalue weighted by molar-refractivity contribution is 9.10. The first-order valence-corrected chi connectivity index (χ1v) is 12.0. The zero-order valence-electron chi connectivity index (χ0n) is 14.7. The van der Waals surface area contributed by atoms with Crippen LogP contribution in [0.25, 0.3) is 51.1 Å². The molecule has 0 aliphatic heterocycles. The van der Waals surface area contributed by atoms with Crippen LogP contribution in [-0.2, 0) is 0 Å². The maximum Gasteiger partial charge on any atom is 0.236 e. The summed E-state index contributed by atoms with van der Waals surface area (Å²) in [6.07, 6.45) is 0. The molecule has 0 atom stereocenters. The van der Waals surface area contributed by atoms with Crippen molar-refractivity contribution < 1.29 is 0 Å². The van der Waals surface area contributed by atoms with Gasteiger partial charge in [0.25, 0.3) is 0 Å². The van der Waals surface area contributed by atoms with E-state index in [1.54, 1.807) is 24.3 Å². The zero-order chi connectivity index (χ0) is 20.9. The Morgan fingerprint density at radius 1 is 0.500 bits per heavy atom. The van der Waals surface area contributed by atoms with E-state index in [1.165, 1.54) is 22.7 Å². The fourth-order valence-electron chi connectivity index (χ4n) is 4.00. The predicted molar refractivity (Wildman–Crippen MR) is 133 cm³/mol. The van der Waals surface area contributed by atoms with Gasteiger partial charge in [0.05, 0.1) is 20.2 Å². The van der Waals surface area contributed by atoms with Crippen molar-refractivity contribution in [3.63, 3.8) is 0 Å². The van der Waals surface area contributed by atoms with E-state index in [9.17, 15) is 19.2 Å². The molecule has 0 N–H and O–H groups in total. The van der Waals surface area contributed by atoms with Crippen molar-refractivity contribution in [3.8, 4) is 0 Å². The molecule has 0 amide bonds. The van der Waals surface area contributed by atoms with Gasteiger partial charge in [-0.2, -0.15) is 0 Å². The number of halogens is 2. The molecular formula is C22H6Br2O4S2. The molecule has 6 aromatic rings. The second-order valence-electron chi connectivity index (χ2n) is 6.97. The Labute approximate surface area is 191 Å². The first-order chi connectivity index (χ1) is 14.4. The van der Waals surface area contributed by atoms with Crippen LogP contribution in [0.2, 0.25) is 0 Å². The maximum absolute atomic E-state index is 13.0. The predicted octanol–water partition coefficient (Wildman–Crippen LogP) is 5.42. The third kappa shape index (κ3) is 2.25. The van der Waals surface area contributed by atoms with Crippen molar-refractivity contribution in [2.24, 2.45) is 0 Å². The molecule has 0 saturated heterocycles. The van der Waals surface area contributed by atoms with E-state index >= 15 is 0 Å². The molecule has 0 fully saturated rings. The zero-order valence-corrected chi connectivity index (χ0v) is 19.5. The molecule has 6 rings (SSSR count). The van der Waals surface area contributed by atoms with E-state index in [4.69, 9.17) is 0 Å². The van der Waals surface area contributed by atoms with Crippen molar-refractivity contribution in [3.05, 3.63) is 86.2 Å². The molecule has 144 valence electrons. The summed E-state index contributed by atoms with van der Waals surface area (Å²) in [5.41, 5.74) is -2.27. The Kier molecular flexibility index (Phi) is 3.78. The first kappa shape index (κ1) is 18.5. The molecule has 8 heteroatoms. The molecule has 2 aromatic heterocycles. The molecule has 2 heterocycles. The summed E-state index contributed by atoms with van der Waals surface area (Å²) in [7, 11) is 0. The van der Waals surface area contributed by atoms with Gasteiger partial charge in [-0.05, 0) is 24.3 Å². The third-order valence-electron chi connectivity index (χ3n) is 5.33. The number of benzene rings is 4. The van der Waals surface area contributed by atoms with Gasteiger partial charge >= 0.3 is 0 Å². The van der Waals surface area contributed by atoms with Crippen LogP contribution >= 0.6 is 54.5 Å². The van der Waals surface area contributed by atoms with Crippen molar-refractivity contribution in [2.45, 2.75) is 0 Å². The largest absolute Gasteiger partial charge is 0.285 e. The lowest BCUT2D eigenvalue weighted by Crippen LogP contribution is -2.23. The van der Waals surface area contributed by atoms with Crippen molar-refractivity contribution >= 4 is 106 Å². The van der Waals surface area contributed by atoms with Crippen LogP contribution in [0, 0.1) is 0 Å². The molecule has 0 aliphatic rings. The van der Waals surface area contributed by atoms with Crippen LogP contribution in [0.5, 0.6) is 0 Å². The van der Waals surface area contributed by atoms with Crippen LogP contribution in [-0.4, -0.2) is 0 Å². The lowest BCUT2D eigenvalue weighted by Gasteiger charge is -2.00. The number of thiophene rings is 2. The van der Waals surface area contributed by atoms with Gasteiger partial charge < -0.3 is 0 Å². The minimum absolute atomic E-state index is 0.341. The van der Waals surface area contributed by atoms with Gasteiger partial charge in [0.15, 0.2) is 0 Å². The monoisotopic (exact) mass is 556 g/mol. The molecule has 0 unspecified atom stereocenters. The fourth-order valence-corrected chi connectivity index (χ4v) is 7.66. The van der Waals surface area contributed by atoms with Crippen LogP contribution < -0.4 is 21.7 Å². The molecule has 0 radical (unpaired) electrons. The number of hydrogen-bond acceptors (Lipinski definition) is 6. The summed E-state index contributed by atoms with van der Waals surface area (Å²) in [5.74, 6) is 0. The minimum atomic E-state index is -0.574. The molecule has 4 aromatic carbocycles. The Hall–Kier alpha value is -2.26. The molecule has 30 heavy (non-hydrogen) atoms. The molecular weight excluding hydrogens is 552 g/mol. The van der Waals surface area contributed by atoms with Gasteiger partial charge in [-0.25, -0.2) is 0 Å². The van der Waals surface area contributed by atoms with Crippen molar-refractivity contribution in [1.29, 1.82) is 0 Å². The van der Waals surface area contributed by atoms with Crippen molar-refractivity contribution in [2.75, 3.05) is 0 Å². The fraction of sp³-hybridized carbons (Fsp3) is 0. The number of hydrogen-bond donors (Lipinski definition) is 0. The molecule has 0 saturated carbocycles. The van der Waals surface area contributed by atoms with Crippen LogP contribution in [0.3, 0.4) is 0 Å². The van der Waals surface area contributed by atoms with E-state index in [2.05, 4.69) is 31.9 Å². The van der Waals surface area contributed by atoms with Crippen LogP contribution in [0.4, 0.5) is 0 Å². The standard InChI is InChI=1S/C22H6Br2O4S2/c23-7-1-3-9-11(5-7)15(25)17(27)13-19(9)29-22-14-18(28)16(26)12-6-8(24)2-4-10(12)20(14)30-21(13)22/h1-6H. The highest BCUT2D eigenvalue weighted by Gasteiger charge is 2.23.